The maximum atomic E-state index is 9.45. The van der Waals surface area contributed by atoms with Crippen LogP contribution < -0.4 is 5.32 Å². The molecule has 198 valence electrons. The Balaban J connectivity index is 0.00000126. The standard InChI is InChI=1S/C24H48N2.C2H6O4S/c1-4-7-8-9-10-11-12-13-14-15-16-17-18-19-20-21-26-23(5-2)22-25-24(26)6-3;1-2-6-7(3,4)5/h23H,4-22H2,1-3H3;2H2,1H3,(H,3,4,5). The molecule has 0 amide bonds. The Bertz CT molecular complexity index is 579. The number of rotatable bonds is 20. The van der Waals surface area contributed by atoms with Crippen molar-refractivity contribution < 1.29 is 21.7 Å². The molecule has 1 N–H and O–H groups in total. The first-order chi connectivity index (χ1) is 15.9. The summed E-state index contributed by atoms with van der Waals surface area (Å²) in [6, 6.07) is 0.747. The Hall–Kier alpha value is -0.660. The second-order valence-electron chi connectivity index (χ2n) is 9.20. The van der Waals surface area contributed by atoms with Gasteiger partial charge in [0.1, 0.15) is 12.6 Å². The Morgan fingerprint density at radius 1 is 0.818 bits per heavy atom. The molecule has 0 aromatic heterocycles. The van der Waals surface area contributed by atoms with Crippen LogP contribution in [-0.2, 0) is 14.6 Å². The molecule has 7 heteroatoms. The number of amidine groups is 1. The molecular weight excluding hydrogens is 436 g/mol. The zero-order chi connectivity index (χ0) is 24.8. The van der Waals surface area contributed by atoms with Gasteiger partial charge in [-0.3, -0.25) is 14.1 Å². The predicted octanol–water partition coefficient (Wildman–Crippen LogP) is 6.54. The lowest BCUT2D eigenvalue weighted by molar-refractivity contribution is -0.557. The number of nitrogens with one attached hydrogen (secondary N) is 1. The van der Waals surface area contributed by atoms with Gasteiger partial charge in [0.15, 0.2) is 0 Å². The van der Waals surface area contributed by atoms with Crippen molar-refractivity contribution in [3.63, 3.8) is 0 Å². The fourth-order valence-electron chi connectivity index (χ4n) is 4.48. The average Bonchev–Trinajstić information content (AvgIpc) is 3.18. The van der Waals surface area contributed by atoms with Gasteiger partial charge in [0, 0.05) is 6.42 Å². The lowest BCUT2D eigenvalue weighted by Crippen LogP contribution is -2.26. The van der Waals surface area contributed by atoms with E-state index in [-0.39, 0.29) is 6.61 Å². The maximum absolute atomic E-state index is 9.45. The molecule has 1 rings (SSSR count). The minimum absolute atomic E-state index is 0.0914. The van der Waals surface area contributed by atoms with E-state index >= 15 is 0 Å². The van der Waals surface area contributed by atoms with E-state index in [9.17, 15) is 13.0 Å². The third-order valence-corrected chi connectivity index (χ3v) is 6.92. The highest BCUT2D eigenvalue weighted by molar-refractivity contribution is 7.80. The SMILES string of the molecule is CCCCCCCCCCCCCCCCC[N+]1=C(CC)NCC1CC.CCOS(=O)(=O)[O-]. The molecule has 0 bridgehead atoms. The fraction of sp³-hybridized carbons (Fsp3) is 0.962. The Labute approximate surface area is 205 Å². The molecule has 0 spiro atoms. The van der Waals surface area contributed by atoms with E-state index in [1.165, 1.54) is 129 Å². The number of hydrogen-bond donors (Lipinski definition) is 1. The Morgan fingerprint density at radius 2 is 1.27 bits per heavy atom. The van der Waals surface area contributed by atoms with E-state index in [4.69, 9.17) is 0 Å². The zero-order valence-corrected chi connectivity index (χ0v) is 23.0. The molecular formula is C26H54N2O4S. The van der Waals surface area contributed by atoms with Crippen molar-refractivity contribution in [2.45, 2.75) is 143 Å². The van der Waals surface area contributed by atoms with Crippen molar-refractivity contribution in [1.29, 1.82) is 0 Å². The third kappa shape index (κ3) is 19.3. The first kappa shape index (κ1) is 32.3. The summed E-state index contributed by atoms with van der Waals surface area (Å²) in [6.07, 6.45) is 24.2. The van der Waals surface area contributed by atoms with E-state index in [0.717, 1.165) is 12.5 Å². The van der Waals surface area contributed by atoms with Gasteiger partial charge < -0.3 is 4.55 Å². The van der Waals surface area contributed by atoms with Crippen molar-refractivity contribution in [3.05, 3.63) is 0 Å². The highest BCUT2D eigenvalue weighted by Crippen LogP contribution is 2.14. The van der Waals surface area contributed by atoms with Crippen LogP contribution in [0, 0.1) is 0 Å². The first-order valence-corrected chi connectivity index (χ1v) is 15.2. The van der Waals surface area contributed by atoms with Crippen molar-refractivity contribution in [2.75, 3.05) is 19.7 Å². The Kier molecular flexibility index (Phi) is 21.4. The van der Waals surface area contributed by atoms with Gasteiger partial charge in [-0.05, 0) is 26.2 Å². The van der Waals surface area contributed by atoms with Crippen molar-refractivity contribution in [3.8, 4) is 0 Å². The summed E-state index contributed by atoms with van der Waals surface area (Å²) in [7, 11) is -4.42. The van der Waals surface area contributed by atoms with Crippen LogP contribution in [0.2, 0.25) is 0 Å². The highest BCUT2D eigenvalue weighted by Gasteiger charge is 2.27. The highest BCUT2D eigenvalue weighted by atomic mass is 32.3. The van der Waals surface area contributed by atoms with Gasteiger partial charge in [-0.25, -0.2) is 8.42 Å². The Morgan fingerprint density at radius 3 is 1.61 bits per heavy atom. The molecule has 0 saturated heterocycles. The smallest absolute Gasteiger partial charge is 0.244 e. The second-order valence-corrected chi connectivity index (χ2v) is 10.3. The van der Waals surface area contributed by atoms with E-state index < -0.39 is 10.4 Å². The molecule has 0 saturated carbocycles. The summed E-state index contributed by atoms with van der Waals surface area (Å²) < 4.78 is 34.7. The van der Waals surface area contributed by atoms with Crippen molar-refractivity contribution >= 4 is 16.2 Å². The second kappa shape index (κ2) is 21.8. The minimum Gasteiger partial charge on any atom is -0.726 e. The summed E-state index contributed by atoms with van der Waals surface area (Å²) in [5, 5.41) is 3.60. The van der Waals surface area contributed by atoms with E-state index in [2.05, 4.69) is 34.8 Å². The van der Waals surface area contributed by atoms with Crippen molar-refractivity contribution in [2.24, 2.45) is 0 Å². The molecule has 0 radical (unpaired) electrons. The van der Waals surface area contributed by atoms with Gasteiger partial charge in [0.2, 0.25) is 16.2 Å². The summed E-state index contributed by atoms with van der Waals surface area (Å²) in [6.45, 7) is 10.7. The molecule has 0 aliphatic carbocycles. The van der Waals surface area contributed by atoms with Gasteiger partial charge in [0.25, 0.3) is 0 Å². The van der Waals surface area contributed by atoms with Crippen LogP contribution in [0.4, 0.5) is 0 Å². The summed E-state index contributed by atoms with van der Waals surface area (Å²) in [5.74, 6) is 1.49. The van der Waals surface area contributed by atoms with Crippen LogP contribution in [0.15, 0.2) is 0 Å². The van der Waals surface area contributed by atoms with Gasteiger partial charge >= 0.3 is 0 Å². The lowest BCUT2D eigenvalue weighted by atomic mass is 10.0. The molecule has 0 fully saturated rings. The molecule has 33 heavy (non-hydrogen) atoms. The van der Waals surface area contributed by atoms with Crippen LogP contribution in [0.5, 0.6) is 0 Å². The van der Waals surface area contributed by atoms with Crippen LogP contribution in [-0.4, -0.2) is 49.1 Å². The third-order valence-electron chi connectivity index (χ3n) is 6.40. The van der Waals surface area contributed by atoms with Crippen LogP contribution in [0.1, 0.15) is 137 Å². The number of nitrogens with zero attached hydrogens (tertiary/aromatic N) is 1. The monoisotopic (exact) mass is 490 g/mol. The molecule has 1 aliphatic rings. The summed E-state index contributed by atoms with van der Waals surface area (Å²) >= 11 is 0. The molecule has 1 unspecified atom stereocenters. The van der Waals surface area contributed by atoms with Crippen LogP contribution >= 0.6 is 0 Å². The number of hydrogen-bond acceptors (Lipinski definition) is 5. The quantitative estimate of drug-likeness (QED) is 0.0906. The van der Waals surface area contributed by atoms with Crippen LogP contribution in [0.25, 0.3) is 0 Å². The normalized spacial score (nSPS) is 16.0. The van der Waals surface area contributed by atoms with Crippen LogP contribution in [0.3, 0.4) is 0 Å². The summed E-state index contributed by atoms with van der Waals surface area (Å²) in [5.41, 5.74) is 0. The van der Waals surface area contributed by atoms with Gasteiger partial charge in [-0.2, -0.15) is 0 Å². The van der Waals surface area contributed by atoms with Crippen molar-refractivity contribution in [1.82, 2.24) is 5.32 Å². The summed E-state index contributed by atoms with van der Waals surface area (Å²) in [4.78, 5) is 0. The minimum atomic E-state index is -4.42. The molecule has 0 aromatic carbocycles. The van der Waals surface area contributed by atoms with Gasteiger partial charge in [-0.1, -0.05) is 104 Å². The average molecular weight is 491 g/mol. The first-order valence-electron chi connectivity index (χ1n) is 13.9. The van der Waals surface area contributed by atoms with Gasteiger partial charge in [-0.15, -0.1) is 0 Å². The molecule has 6 nitrogen and oxygen atoms in total. The predicted molar refractivity (Wildman–Crippen MR) is 139 cm³/mol. The largest absolute Gasteiger partial charge is 0.726 e. The molecule has 1 aliphatic heterocycles. The fourth-order valence-corrected chi connectivity index (χ4v) is 4.76. The molecule has 1 heterocycles. The van der Waals surface area contributed by atoms with E-state index in [1.807, 2.05) is 0 Å². The topological polar surface area (TPSA) is 81.5 Å². The van der Waals surface area contributed by atoms with Gasteiger partial charge in [0.05, 0.1) is 13.2 Å². The maximum Gasteiger partial charge on any atom is 0.244 e. The molecule has 0 aromatic rings. The zero-order valence-electron chi connectivity index (χ0n) is 22.2. The lowest BCUT2D eigenvalue weighted by Gasteiger charge is -2.10. The molecule has 1 atom stereocenters. The van der Waals surface area contributed by atoms with E-state index in [1.54, 1.807) is 0 Å². The number of unbranched alkanes of at least 4 members (excludes halogenated alkanes) is 14. The van der Waals surface area contributed by atoms with E-state index in [0.29, 0.717) is 0 Å².